The largest absolute Gasteiger partial charge is 0.383 e. The van der Waals surface area contributed by atoms with Gasteiger partial charge in [-0.15, -0.1) is 0 Å². The van der Waals surface area contributed by atoms with Crippen molar-refractivity contribution >= 4 is 5.69 Å². The maximum Gasteiger partial charge on any atom is 0.118 e. The Kier molecular flexibility index (Phi) is 7.90. The average molecular weight is 418 g/mol. The first-order chi connectivity index (χ1) is 15.0. The van der Waals surface area contributed by atoms with Crippen molar-refractivity contribution in [3.05, 3.63) is 99.7 Å². The summed E-state index contributed by atoms with van der Waals surface area (Å²) in [4.78, 5) is 18.3. The van der Waals surface area contributed by atoms with E-state index in [1.54, 1.807) is 13.3 Å². The fourth-order valence-electron chi connectivity index (χ4n) is 3.98. The molecule has 0 saturated heterocycles. The van der Waals surface area contributed by atoms with Crippen LogP contribution in [0.4, 0.5) is 5.69 Å². The van der Waals surface area contributed by atoms with Gasteiger partial charge in [0.05, 0.1) is 6.61 Å². The fraction of sp³-hybridized carbons (Fsp3) is 0.346. The van der Waals surface area contributed by atoms with Crippen LogP contribution in [0.25, 0.3) is 0 Å². The summed E-state index contributed by atoms with van der Waals surface area (Å²) in [6, 6.07) is 20.4. The molecule has 5 nitrogen and oxygen atoms in total. The Balaban J connectivity index is 1.94. The number of aromatic nitrogens is 1. The van der Waals surface area contributed by atoms with Crippen molar-refractivity contribution in [3.8, 4) is 0 Å². The number of nitrogens with zero attached hydrogens (tertiary/aromatic N) is 3. The van der Waals surface area contributed by atoms with Gasteiger partial charge in [0.2, 0.25) is 0 Å². The molecular weight excluding hydrogens is 386 g/mol. The van der Waals surface area contributed by atoms with E-state index in [4.69, 9.17) is 4.74 Å². The lowest BCUT2D eigenvalue weighted by Crippen LogP contribution is -2.21. The molecule has 0 bridgehead atoms. The Morgan fingerprint density at radius 1 is 1.03 bits per heavy atom. The zero-order valence-electron chi connectivity index (χ0n) is 18.8. The van der Waals surface area contributed by atoms with Gasteiger partial charge in [0.1, 0.15) is 6.04 Å². The van der Waals surface area contributed by atoms with E-state index in [-0.39, 0.29) is 5.92 Å². The highest BCUT2D eigenvalue weighted by Gasteiger charge is 2.23. The van der Waals surface area contributed by atoms with Gasteiger partial charge >= 0.3 is 0 Å². The van der Waals surface area contributed by atoms with E-state index < -0.39 is 6.04 Å². The molecule has 2 atom stereocenters. The molecule has 3 aromatic rings. The van der Waals surface area contributed by atoms with E-state index >= 15 is 0 Å². The molecule has 2 aromatic carbocycles. The molecule has 0 fully saturated rings. The number of methoxy groups -OCH3 is 1. The predicted molar refractivity (Wildman–Crippen MR) is 127 cm³/mol. The minimum Gasteiger partial charge on any atom is -0.383 e. The Hall–Kier alpha value is -3.05. The van der Waals surface area contributed by atoms with Crippen LogP contribution in [0.15, 0.2) is 72.0 Å². The SMILES string of the molecule is COCCN(C)c1ccc([C@@H](CC(N=O)c2ccnc(C)c2)c2ccccc2C)cc1. The van der Waals surface area contributed by atoms with Crippen LogP contribution >= 0.6 is 0 Å². The number of anilines is 1. The van der Waals surface area contributed by atoms with E-state index in [1.807, 2.05) is 25.1 Å². The first-order valence-corrected chi connectivity index (χ1v) is 10.6. The molecule has 0 saturated carbocycles. The molecule has 0 aliphatic carbocycles. The lowest BCUT2D eigenvalue weighted by molar-refractivity contribution is 0.206. The smallest absolute Gasteiger partial charge is 0.118 e. The quantitative estimate of drug-likeness (QED) is 0.391. The van der Waals surface area contributed by atoms with Crippen LogP contribution in [-0.4, -0.2) is 32.3 Å². The Morgan fingerprint density at radius 2 is 1.77 bits per heavy atom. The summed E-state index contributed by atoms with van der Waals surface area (Å²) in [5.41, 5.74) is 6.56. The number of aryl methyl sites for hydroxylation is 2. The highest BCUT2D eigenvalue weighted by molar-refractivity contribution is 5.49. The van der Waals surface area contributed by atoms with Crippen LogP contribution < -0.4 is 4.90 Å². The molecule has 5 heteroatoms. The van der Waals surface area contributed by atoms with Gasteiger partial charge < -0.3 is 9.64 Å². The van der Waals surface area contributed by atoms with Crippen LogP contribution in [-0.2, 0) is 4.74 Å². The Bertz CT molecular complexity index is 988. The Labute approximate surface area is 185 Å². The number of pyridine rings is 1. The summed E-state index contributed by atoms with van der Waals surface area (Å²) in [6.45, 7) is 5.57. The van der Waals surface area contributed by atoms with Crippen molar-refractivity contribution in [2.75, 3.05) is 32.2 Å². The summed E-state index contributed by atoms with van der Waals surface area (Å²) in [7, 11) is 3.77. The standard InChI is InChI=1S/C26H31N3O2/c1-19-7-5-6-8-24(19)25(18-26(28-30)22-13-14-27-20(2)17-22)21-9-11-23(12-10-21)29(3)15-16-31-4/h5-14,17,25-26H,15-16,18H2,1-4H3/t25-,26?/m1/s1. The second-order valence-corrected chi connectivity index (χ2v) is 8.00. The van der Waals surface area contributed by atoms with Gasteiger partial charge in [-0.2, -0.15) is 4.91 Å². The van der Waals surface area contributed by atoms with Crippen LogP contribution in [0.3, 0.4) is 0 Å². The third-order valence-electron chi connectivity index (χ3n) is 5.82. The van der Waals surface area contributed by atoms with Crippen LogP contribution in [0.5, 0.6) is 0 Å². The molecule has 31 heavy (non-hydrogen) atoms. The van der Waals surface area contributed by atoms with Gasteiger partial charge in [0, 0.05) is 44.2 Å². The van der Waals surface area contributed by atoms with Crippen molar-refractivity contribution in [1.82, 2.24) is 4.98 Å². The van der Waals surface area contributed by atoms with E-state index in [0.29, 0.717) is 13.0 Å². The highest BCUT2D eigenvalue weighted by atomic mass is 16.5. The maximum atomic E-state index is 11.9. The lowest BCUT2D eigenvalue weighted by Gasteiger charge is -2.24. The highest BCUT2D eigenvalue weighted by Crippen LogP contribution is 2.37. The maximum absolute atomic E-state index is 11.9. The number of rotatable bonds is 10. The fourth-order valence-corrected chi connectivity index (χ4v) is 3.98. The van der Waals surface area contributed by atoms with Crippen molar-refractivity contribution < 1.29 is 4.74 Å². The molecule has 0 amide bonds. The monoisotopic (exact) mass is 417 g/mol. The number of hydrogen-bond acceptors (Lipinski definition) is 5. The van der Waals surface area contributed by atoms with E-state index in [0.717, 1.165) is 23.5 Å². The molecule has 3 rings (SSSR count). The number of benzene rings is 2. The molecule has 162 valence electrons. The summed E-state index contributed by atoms with van der Waals surface area (Å²) < 4.78 is 5.19. The summed E-state index contributed by atoms with van der Waals surface area (Å²) in [6.07, 6.45) is 2.35. The molecule has 0 spiro atoms. The summed E-state index contributed by atoms with van der Waals surface area (Å²) in [5.74, 6) is 0.0655. The molecule has 0 N–H and O–H groups in total. The van der Waals surface area contributed by atoms with Crippen LogP contribution in [0.1, 0.15) is 46.3 Å². The van der Waals surface area contributed by atoms with Crippen molar-refractivity contribution in [1.29, 1.82) is 0 Å². The third-order valence-corrected chi connectivity index (χ3v) is 5.82. The van der Waals surface area contributed by atoms with Crippen molar-refractivity contribution in [2.45, 2.75) is 32.2 Å². The number of ether oxygens (including phenoxy) is 1. The number of likely N-dealkylation sites (N-methyl/N-ethyl adjacent to an activating group) is 1. The van der Waals surface area contributed by atoms with Crippen molar-refractivity contribution in [3.63, 3.8) is 0 Å². The van der Waals surface area contributed by atoms with E-state index in [9.17, 15) is 4.91 Å². The first-order valence-electron chi connectivity index (χ1n) is 10.6. The molecule has 0 aliphatic heterocycles. The van der Waals surface area contributed by atoms with E-state index in [1.165, 1.54) is 16.7 Å². The molecule has 1 heterocycles. The van der Waals surface area contributed by atoms with Gasteiger partial charge in [-0.25, -0.2) is 0 Å². The molecule has 1 aromatic heterocycles. The number of nitroso groups, excluding NO2 is 1. The molecular formula is C26H31N3O2. The van der Waals surface area contributed by atoms with Crippen LogP contribution in [0, 0.1) is 18.8 Å². The van der Waals surface area contributed by atoms with Gasteiger partial charge in [-0.1, -0.05) is 41.6 Å². The zero-order valence-corrected chi connectivity index (χ0v) is 18.8. The summed E-state index contributed by atoms with van der Waals surface area (Å²) in [5, 5.41) is 3.50. The van der Waals surface area contributed by atoms with Gasteiger partial charge in [0.25, 0.3) is 0 Å². The minimum absolute atomic E-state index is 0.0655. The van der Waals surface area contributed by atoms with Crippen molar-refractivity contribution in [2.24, 2.45) is 5.18 Å². The van der Waals surface area contributed by atoms with Gasteiger partial charge in [-0.3, -0.25) is 4.98 Å². The van der Waals surface area contributed by atoms with E-state index in [2.05, 4.69) is 71.5 Å². The van der Waals surface area contributed by atoms with Crippen LogP contribution in [0.2, 0.25) is 0 Å². The lowest BCUT2D eigenvalue weighted by atomic mass is 9.82. The second-order valence-electron chi connectivity index (χ2n) is 8.00. The minimum atomic E-state index is -0.435. The third kappa shape index (κ3) is 5.76. The molecule has 0 aliphatic rings. The normalized spacial score (nSPS) is 12.9. The number of hydrogen-bond donors (Lipinski definition) is 0. The molecule has 1 unspecified atom stereocenters. The predicted octanol–water partition coefficient (Wildman–Crippen LogP) is 5.81. The zero-order chi connectivity index (χ0) is 22.2. The second kappa shape index (κ2) is 10.8. The average Bonchev–Trinajstić information content (AvgIpc) is 2.79. The topological polar surface area (TPSA) is 54.8 Å². The van der Waals surface area contributed by atoms with Gasteiger partial charge in [-0.05, 0) is 66.8 Å². The summed E-state index contributed by atoms with van der Waals surface area (Å²) >= 11 is 0. The van der Waals surface area contributed by atoms with Gasteiger partial charge in [0.15, 0.2) is 0 Å². The first kappa shape index (κ1) is 22.6. The Morgan fingerprint density at radius 3 is 2.42 bits per heavy atom. The molecule has 0 radical (unpaired) electrons.